The highest BCUT2D eigenvalue weighted by Crippen LogP contribution is 2.28. The fourth-order valence-electron chi connectivity index (χ4n) is 3.82. The lowest BCUT2D eigenvalue weighted by Gasteiger charge is -2.19. The van der Waals surface area contributed by atoms with Crippen LogP contribution in [0, 0.1) is 0 Å². The number of esters is 1. The van der Waals surface area contributed by atoms with Gasteiger partial charge in [0.15, 0.2) is 5.58 Å². The maximum atomic E-state index is 13.2. The average molecular weight is 531 g/mol. The standard InChI is InChI=1S/C29H30N4O6/c1-5-37-23(34)16-19-10-6-7-12-21(19)32-27(35)26-31-22-13-14-38-25(22)24(33-26)20-11-8-9-18(15-20)17-30-28(36)39-29(2,3)4/h6-15H,5,16-17H2,1-4H3,(H,30,36)(H,32,35). The van der Waals surface area contributed by atoms with Gasteiger partial charge in [0.25, 0.3) is 5.91 Å². The molecule has 10 nitrogen and oxygen atoms in total. The molecule has 2 amide bonds. The number of carbonyl (C=O) groups is 3. The average Bonchev–Trinajstić information content (AvgIpc) is 3.36. The Morgan fingerprint density at radius 2 is 1.79 bits per heavy atom. The Balaban J connectivity index is 1.59. The van der Waals surface area contributed by atoms with Gasteiger partial charge in [-0.15, -0.1) is 0 Å². The summed E-state index contributed by atoms with van der Waals surface area (Å²) in [6.45, 7) is 7.63. The number of alkyl carbamates (subject to hydrolysis) is 1. The van der Waals surface area contributed by atoms with E-state index in [0.717, 1.165) is 5.56 Å². The molecule has 2 aromatic carbocycles. The Bertz CT molecular complexity index is 1510. The van der Waals surface area contributed by atoms with Gasteiger partial charge in [0.1, 0.15) is 16.8 Å². The maximum Gasteiger partial charge on any atom is 0.407 e. The van der Waals surface area contributed by atoms with Gasteiger partial charge in [-0.05, 0) is 51.0 Å². The second-order valence-electron chi connectivity index (χ2n) is 9.68. The minimum absolute atomic E-state index is 0.0152. The molecule has 2 heterocycles. The summed E-state index contributed by atoms with van der Waals surface area (Å²) in [6, 6.07) is 16.0. The van der Waals surface area contributed by atoms with Crippen LogP contribution in [0.5, 0.6) is 0 Å². The number of para-hydroxylation sites is 1. The number of hydrogen-bond acceptors (Lipinski definition) is 8. The van der Waals surface area contributed by atoms with Crippen molar-refractivity contribution in [3.8, 4) is 11.3 Å². The molecule has 0 fully saturated rings. The summed E-state index contributed by atoms with van der Waals surface area (Å²) in [7, 11) is 0. The number of rotatable bonds is 8. The van der Waals surface area contributed by atoms with Crippen molar-refractivity contribution in [2.45, 2.75) is 46.3 Å². The molecule has 39 heavy (non-hydrogen) atoms. The van der Waals surface area contributed by atoms with E-state index in [1.54, 1.807) is 58.0 Å². The first-order chi connectivity index (χ1) is 18.6. The van der Waals surface area contributed by atoms with E-state index < -0.39 is 23.6 Å². The van der Waals surface area contributed by atoms with Crippen LogP contribution in [0.25, 0.3) is 22.4 Å². The number of nitrogens with zero attached hydrogens (tertiary/aromatic N) is 2. The number of carbonyl (C=O) groups excluding carboxylic acids is 3. The van der Waals surface area contributed by atoms with Crippen LogP contribution in [-0.2, 0) is 27.2 Å². The predicted octanol–water partition coefficient (Wildman–Crippen LogP) is 5.27. The van der Waals surface area contributed by atoms with Crippen LogP contribution in [0.3, 0.4) is 0 Å². The van der Waals surface area contributed by atoms with E-state index in [1.165, 1.54) is 6.26 Å². The van der Waals surface area contributed by atoms with Crippen LogP contribution >= 0.6 is 0 Å². The Kier molecular flexibility index (Phi) is 8.24. The third-order valence-electron chi connectivity index (χ3n) is 5.45. The van der Waals surface area contributed by atoms with E-state index in [9.17, 15) is 14.4 Å². The van der Waals surface area contributed by atoms with Gasteiger partial charge in [0.2, 0.25) is 5.82 Å². The second kappa shape index (κ2) is 11.8. The van der Waals surface area contributed by atoms with E-state index in [4.69, 9.17) is 13.9 Å². The number of benzene rings is 2. The molecule has 4 aromatic rings. The van der Waals surface area contributed by atoms with Crippen LogP contribution in [-0.4, -0.2) is 40.1 Å². The highest BCUT2D eigenvalue weighted by Gasteiger charge is 2.20. The third kappa shape index (κ3) is 7.19. The molecule has 0 radical (unpaired) electrons. The monoisotopic (exact) mass is 530 g/mol. The molecule has 0 saturated carbocycles. The highest BCUT2D eigenvalue weighted by molar-refractivity contribution is 6.04. The van der Waals surface area contributed by atoms with Crippen molar-refractivity contribution in [3.63, 3.8) is 0 Å². The number of hydrogen-bond donors (Lipinski definition) is 2. The highest BCUT2D eigenvalue weighted by atomic mass is 16.6. The number of furan rings is 1. The molecule has 0 atom stereocenters. The number of fused-ring (bicyclic) bond motifs is 1. The van der Waals surface area contributed by atoms with E-state index in [1.807, 2.05) is 24.3 Å². The van der Waals surface area contributed by atoms with Crippen molar-refractivity contribution < 1.29 is 28.3 Å². The van der Waals surface area contributed by atoms with Crippen LogP contribution in [0.15, 0.2) is 65.3 Å². The van der Waals surface area contributed by atoms with Crippen molar-refractivity contribution in [3.05, 3.63) is 77.8 Å². The van der Waals surface area contributed by atoms with E-state index in [2.05, 4.69) is 20.6 Å². The molecule has 0 aliphatic heterocycles. The zero-order chi connectivity index (χ0) is 28.0. The number of ether oxygens (including phenoxy) is 2. The Morgan fingerprint density at radius 3 is 2.56 bits per heavy atom. The zero-order valence-corrected chi connectivity index (χ0v) is 22.2. The molecule has 4 rings (SSSR count). The summed E-state index contributed by atoms with van der Waals surface area (Å²) in [6.07, 6.45) is 0.972. The molecule has 0 spiro atoms. The van der Waals surface area contributed by atoms with Gasteiger partial charge in [-0.25, -0.2) is 14.8 Å². The number of aromatic nitrogens is 2. The fraction of sp³-hybridized carbons (Fsp3) is 0.276. The summed E-state index contributed by atoms with van der Waals surface area (Å²) in [5.74, 6) is -1.00. The van der Waals surface area contributed by atoms with Crippen molar-refractivity contribution >= 4 is 34.8 Å². The van der Waals surface area contributed by atoms with Gasteiger partial charge in [0, 0.05) is 23.9 Å². The Labute approximate surface area is 225 Å². The molecule has 0 saturated heterocycles. The molecule has 10 heteroatoms. The third-order valence-corrected chi connectivity index (χ3v) is 5.45. The lowest BCUT2D eigenvalue weighted by molar-refractivity contribution is -0.142. The van der Waals surface area contributed by atoms with Crippen molar-refractivity contribution in [2.75, 3.05) is 11.9 Å². The molecule has 0 unspecified atom stereocenters. The number of amides is 2. The molecule has 0 aliphatic rings. The van der Waals surface area contributed by atoms with Crippen molar-refractivity contribution in [1.82, 2.24) is 15.3 Å². The largest absolute Gasteiger partial charge is 0.466 e. The quantitative estimate of drug-likeness (QED) is 0.294. The summed E-state index contributed by atoms with van der Waals surface area (Å²) < 4.78 is 16.0. The summed E-state index contributed by atoms with van der Waals surface area (Å²) in [5.41, 5.74) is 3.26. The first kappa shape index (κ1) is 27.3. The molecule has 0 aliphatic carbocycles. The van der Waals surface area contributed by atoms with Gasteiger partial charge < -0.3 is 24.5 Å². The maximum absolute atomic E-state index is 13.2. The molecular formula is C29H30N4O6. The minimum Gasteiger partial charge on any atom is -0.466 e. The van der Waals surface area contributed by atoms with E-state index >= 15 is 0 Å². The predicted molar refractivity (Wildman–Crippen MR) is 145 cm³/mol. The van der Waals surface area contributed by atoms with Crippen LogP contribution in [0.1, 0.15) is 49.4 Å². The second-order valence-corrected chi connectivity index (χ2v) is 9.68. The molecule has 2 aromatic heterocycles. The smallest absolute Gasteiger partial charge is 0.407 e. The van der Waals surface area contributed by atoms with E-state index in [-0.39, 0.29) is 25.4 Å². The van der Waals surface area contributed by atoms with Gasteiger partial charge in [-0.1, -0.05) is 36.4 Å². The molecule has 202 valence electrons. The normalized spacial score (nSPS) is 11.2. The Morgan fingerprint density at radius 1 is 1.00 bits per heavy atom. The van der Waals surface area contributed by atoms with Crippen LogP contribution in [0.4, 0.5) is 10.5 Å². The fourth-order valence-corrected chi connectivity index (χ4v) is 3.82. The lowest BCUT2D eigenvalue weighted by Crippen LogP contribution is -2.32. The SMILES string of the molecule is CCOC(=O)Cc1ccccc1NC(=O)c1nc(-c2cccc(CNC(=O)OC(C)(C)C)c2)c2occc2n1. The molecular weight excluding hydrogens is 500 g/mol. The molecule has 0 bridgehead atoms. The first-order valence-electron chi connectivity index (χ1n) is 12.5. The van der Waals surface area contributed by atoms with E-state index in [0.29, 0.717) is 33.6 Å². The Hall–Kier alpha value is -4.73. The van der Waals surface area contributed by atoms with Gasteiger partial charge in [0.05, 0.1) is 19.3 Å². The van der Waals surface area contributed by atoms with Gasteiger partial charge in [-0.3, -0.25) is 9.59 Å². The van der Waals surface area contributed by atoms with Gasteiger partial charge >= 0.3 is 12.1 Å². The number of nitrogens with one attached hydrogen (secondary N) is 2. The zero-order valence-electron chi connectivity index (χ0n) is 22.2. The summed E-state index contributed by atoms with van der Waals surface area (Å²) in [4.78, 5) is 46.2. The summed E-state index contributed by atoms with van der Waals surface area (Å²) >= 11 is 0. The summed E-state index contributed by atoms with van der Waals surface area (Å²) in [5, 5.41) is 5.54. The van der Waals surface area contributed by atoms with Crippen molar-refractivity contribution in [1.29, 1.82) is 0 Å². The number of anilines is 1. The molecule has 2 N–H and O–H groups in total. The van der Waals surface area contributed by atoms with Gasteiger partial charge in [-0.2, -0.15) is 0 Å². The first-order valence-corrected chi connectivity index (χ1v) is 12.5. The lowest BCUT2D eigenvalue weighted by atomic mass is 10.1. The van der Waals surface area contributed by atoms with Crippen LogP contribution in [0.2, 0.25) is 0 Å². The minimum atomic E-state index is -0.603. The topological polar surface area (TPSA) is 133 Å². The van der Waals surface area contributed by atoms with Crippen LogP contribution < -0.4 is 10.6 Å². The van der Waals surface area contributed by atoms with Crippen molar-refractivity contribution in [2.24, 2.45) is 0 Å².